The monoisotopic (exact) mass is 308 g/mol. The first-order valence-corrected chi connectivity index (χ1v) is 8.20. The minimum atomic E-state index is -3.64. The minimum absolute atomic E-state index is 0.0735. The Balaban J connectivity index is 2.10. The number of hydrogen-bond acceptors (Lipinski definition) is 4. The van der Waals surface area contributed by atoms with Crippen molar-refractivity contribution in [2.75, 3.05) is 0 Å². The lowest BCUT2D eigenvalue weighted by molar-refractivity contribution is 0.469. The van der Waals surface area contributed by atoms with Gasteiger partial charge in [-0.1, -0.05) is 12.1 Å². The predicted molar refractivity (Wildman–Crippen MR) is 81.0 cm³/mol. The zero-order chi connectivity index (χ0) is 15.6. The first-order chi connectivity index (χ1) is 9.79. The Morgan fingerprint density at radius 2 is 1.76 bits per heavy atom. The molecule has 0 aliphatic rings. The molecule has 0 bridgehead atoms. The van der Waals surface area contributed by atoms with Crippen molar-refractivity contribution in [3.63, 3.8) is 0 Å². The van der Waals surface area contributed by atoms with E-state index in [4.69, 9.17) is 5.14 Å². The van der Waals surface area contributed by atoms with Crippen LogP contribution in [0.25, 0.3) is 0 Å². The van der Waals surface area contributed by atoms with Crippen molar-refractivity contribution in [1.82, 2.24) is 15.1 Å². The molecule has 6 nitrogen and oxygen atoms in total. The summed E-state index contributed by atoms with van der Waals surface area (Å²) in [4.78, 5) is 0.123. The fraction of sp³-hybridized carbons (Fsp3) is 0.357. The molecule has 0 fully saturated rings. The predicted octanol–water partition coefficient (Wildman–Crippen LogP) is 1.48. The van der Waals surface area contributed by atoms with E-state index in [0.29, 0.717) is 0 Å². The van der Waals surface area contributed by atoms with E-state index in [1.807, 2.05) is 24.7 Å². The highest BCUT2D eigenvalue weighted by atomic mass is 32.2. The summed E-state index contributed by atoms with van der Waals surface area (Å²) < 4.78 is 24.3. The number of aryl methyl sites for hydroxylation is 1. The summed E-state index contributed by atoms with van der Waals surface area (Å²) >= 11 is 0. The van der Waals surface area contributed by atoms with Crippen LogP contribution in [0, 0.1) is 0 Å². The first kappa shape index (κ1) is 15.7. The number of primary sulfonamides is 1. The van der Waals surface area contributed by atoms with Gasteiger partial charge in [-0.15, -0.1) is 0 Å². The average Bonchev–Trinajstić information content (AvgIpc) is 2.84. The fourth-order valence-corrected chi connectivity index (χ4v) is 2.83. The molecule has 0 aliphatic carbocycles. The molecular formula is C14H20N4O2S. The Bertz CT molecular complexity index is 707. The van der Waals surface area contributed by atoms with E-state index in [1.165, 1.54) is 12.1 Å². The average molecular weight is 308 g/mol. The summed E-state index contributed by atoms with van der Waals surface area (Å²) in [6.45, 7) is 4.09. The van der Waals surface area contributed by atoms with Gasteiger partial charge in [-0.3, -0.25) is 4.68 Å². The third-order valence-corrected chi connectivity index (χ3v) is 4.44. The van der Waals surface area contributed by atoms with Crippen molar-refractivity contribution in [3.05, 3.63) is 47.8 Å². The van der Waals surface area contributed by atoms with E-state index in [2.05, 4.69) is 17.3 Å². The topological polar surface area (TPSA) is 90.0 Å². The van der Waals surface area contributed by atoms with Gasteiger partial charge in [0.2, 0.25) is 10.0 Å². The van der Waals surface area contributed by atoms with Crippen LogP contribution < -0.4 is 10.5 Å². The third kappa shape index (κ3) is 3.69. The van der Waals surface area contributed by atoms with Gasteiger partial charge in [-0.25, -0.2) is 13.6 Å². The Morgan fingerprint density at radius 3 is 2.24 bits per heavy atom. The van der Waals surface area contributed by atoms with Crippen molar-refractivity contribution < 1.29 is 8.42 Å². The lowest BCUT2D eigenvalue weighted by atomic mass is 10.1. The zero-order valence-corrected chi connectivity index (χ0v) is 13.1. The standard InChI is InChI=1S/C14H20N4O2S/c1-10(17-11(2)14-8-9-16-18(14)3)12-4-6-13(7-5-12)21(15,19)20/h4-11,17H,1-3H3,(H2,15,19,20). The number of benzene rings is 1. The Hall–Kier alpha value is -1.70. The van der Waals surface area contributed by atoms with Gasteiger partial charge in [0.15, 0.2) is 0 Å². The summed E-state index contributed by atoms with van der Waals surface area (Å²) in [5.41, 5.74) is 2.08. The van der Waals surface area contributed by atoms with Crippen LogP contribution in [0.5, 0.6) is 0 Å². The van der Waals surface area contributed by atoms with Gasteiger partial charge >= 0.3 is 0 Å². The summed E-state index contributed by atoms with van der Waals surface area (Å²) in [6.07, 6.45) is 1.76. The molecule has 0 radical (unpaired) electrons. The fourth-order valence-electron chi connectivity index (χ4n) is 2.31. The van der Waals surface area contributed by atoms with Crippen LogP contribution in [0.4, 0.5) is 0 Å². The number of nitrogens with one attached hydrogen (secondary N) is 1. The van der Waals surface area contributed by atoms with E-state index >= 15 is 0 Å². The second-order valence-electron chi connectivity index (χ2n) is 5.10. The maximum Gasteiger partial charge on any atom is 0.238 e. The molecule has 1 aromatic carbocycles. The van der Waals surface area contributed by atoms with Gasteiger partial charge in [-0.2, -0.15) is 5.10 Å². The van der Waals surface area contributed by atoms with Crippen molar-refractivity contribution in [2.24, 2.45) is 12.2 Å². The highest BCUT2D eigenvalue weighted by Crippen LogP contribution is 2.20. The van der Waals surface area contributed by atoms with E-state index in [-0.39, 0.29) is 17.0 Å². The molecule has 7 heteroatoms. The van der Waals surface area contributed by atoms with Crippen LogP contribution >= 0.6 is 0 Å². The zero-order valence-electron chi connectivity index (χ0n) is 12.3. The Morgan fingerprint density at radius 1 is 1.14 bits per heavy atom. The van der Waals surface area contributed by atoms with Gasteiger partial charge in [0.1, 0.15) is 0 Å². The Kier molecular flexibility index (Phi) is 4.46. The van der Waals surface area contributed by atoms with Crippen LogP contribution in [0.1, 0.15) is 37.2 Å². The lowest BCUT2D eigenvalue weighted by Gasteiger charge is -2.20. The second kappa shape index (κ2) is 5.97. The van der Waals surface area contributed by atoms with Crippen LogP contribution in [-0.2, 0) is 17.1 Å². The molecule has 0 saturated carbocycles. The van der Waals surface area contributed by atoms with Gasteiger partial charge in [0.25, 0.3) is 0 Å². The van der Waals surface area contributed by atoms with E-state index in [9.17, 15) is 8.42 Å². The summed E-state index contributed by atoms with van der Waals surface area (Å²) in [7, 11) is -1.74. The SMILES string of the molecule is CC(NC(C)c1ccnn1C)c1ccc(S(N)(=O)=O)cc1. The van der Waals surface area contributed by atoms with E-state index in [0.717, 1.165) is 11.3 Å². The molecule has 2 rings (SSSR count). The summed E-state index contributed by atoms with van der Waals surface area (Å²) in [6, 6.07) is 8.76. The molecule has 0 spiro atoms. The van der Waals surface area contributed by atoms with Crippen molar-refractivity contribution in [3.8, 4) is 0 Å². The number of aromatic nitrogens is 2. The van der Waals surface area contributed by atoms with Crippen molar-refractivity contribution in [1.29, 1.82) is 0 Å². The van der Waals surface area contributed by atoms with Crippen molar-refractivity contribution >= 4 is 10.0 Å². The van der Waals surface area contributed by atoms with E-state index < -0.39 is 10.0 Å². The van der Waals surface area contributed by atoms with E-state index in [1.54, 1.807) is 18.3 Å². The van der Waals surface area contributed by atoms with Gasteiger partial charge < -0.3 is 5.32 Å². The molecule has 0 saturated heterocycles. The number of rotatable bonds is 5. The molecule has 2 aromatic rings. The van der Waals surface area contributed by atoms with Crippen LogP contribution in [0.15, 0.2) is 41.4 Å². The molecule has 21 heavy (non-hydrogen) atoms. The van der Waals surface area contributed by atoms with Crippen LogP contribution in [0.3, 0.4) is 0 Å². The third-order valence-electron chi connectivity index (χ3n) is 3.51. The summed E-state index contributed by atoms with van der Waals surface area (Å²) in [5.74, 6) is 0. The molecule has 0 aliphatic heterocycles. The molecule has 2 unspecified atom stereocenters. The Labute approximate surface area is 125 Å². The summed E-state index contributed by atoms with van der Waals surface area (Å²) in [5, 5.41) is 12.7. The van der Waals surface area contributed by atoms with Gasteiger partial charge in [0.05, 0.1) is 10.6 Å². The number of sulfonamides is 1. The number of nitrogens with two attached hydrogens (primary N) is 1. The van der Waals surface area contributed by atoms with Crippen molar-refractivity contribution in [2.45, 2.75) is 30.8 Å². The first-order valence-electron chi connectivity index (χ1n) is 6.65. The van der Waals surface area contributed by atoms with Crippen LogP contribution in [0.2, 0.25) is 0 Å². The molecule has 1 heterocycles. The lowest BCUT2D eigenvalue weighted by Crippen LogP contribution is -2.24. The second-order valence-corrected chi connectivity index (χ2v) is 6.67. The maximum absolute atomic E-state index is 11.2. The maximum atomic E-state index is 11.2. The molecule has 3 N–H and O–H groups in total. The normalized spacial score (nSPS) is 14.9. The van der Waals surface area contributed by atoms with Gasteiger partial charge in [0, 0.05) is 25.3 Å². The number of nitrogens with zero attached hydrogens (tertiary/aromatic N) is 2. The highest BCUT2D eigenvalue weighted by Gasteiger charge is 2.14. The molecular weight excluding hydrogens is 288 g/mol. The van der Waals surface area contributed by atoms with Gasteiger partial charge in [-0.05, 0) is 37.6 Å². The number of hydrogen-bond donors (Lipinski definition) is 2. The van der Waals surface area contributed by atoms with Crippen LogP contribution in [-0.4, -0.2) is 18.2 Å². The quantitative estimate of drug-likeness (QED) is 0.875. The molecule has 2 atom stereocenters. The molecule has 0 amide bonds. The molecule has 114 valence electrons. The largest absolute Gasteiger partial charge is 0.302 e. The molecule has 1 aromatic heterocycles. The minimum Gasteiger partial charge on any atom is -0.302 e. The smallest absolute Gasteiger partial charge is 0.238 e. The highest BCUT2D eigenvalue weighted by molar-refractivity contribution is 7.89.